The van der Waals surface area contributed by atoms with E-state index >= 15 is 0 Å². The van der Waals surface area contributed by atoms with Crippen molar-refractivity contribution in [3.8, 4) is 5.75 Å². The van der Waals surface area contributed by atoms with Crippen molar-refractivity contribution in [1.29, 1.82) is 0 Å². The highest BCUT2D eigenvalue weighted by molar-refractivity contribution is 6.35. The summed E-state index contributed by atoms with van der Waals surface area (Å²) in [6.07, 6.45) is 0.109. The van der Waals surface area contributed by atoms with Gasteiger partial charge in [0.15, 0.2) is 0 Å². The Morgan fingerprint density at radius 2 is 1.62 bits per heavy atom. The Morgan fingerprint density at radius 3 is 2.21 bits per heavy atom. The molecule has 7 nitrogen and oxygen atoms in total. The van der Waals surface area contributed by atoms with E-state index in [1.807, 2.05) is 56.9 Å². The summed E-state index contributed by atoms with van der Waals surface area (Å²) < 4.78 is 16.7. The first kappa shape index (κ1) is 21.3. The van der Waals surface area contributed by atoms with Gasteiger partial charge in [-0.2, -0.15) is 0 Å². The lowest BCUT2D eigenvalue weighted by Crippen LogP contribution is -2.41. The Kier molecular flexibility index (Phi) is 6.92. The third kappa shape index (κ3) is 4.97. The highest BCUT2D eigenvalue weighted by Crippen LogP contribution is 2.32. The molecule has 0 atom stereocenters. The van der Waals surface area contributed by atoms with Gasteiger partial charge in [-0.15, -0.1) is 0 Å². The van der Waals surface area contributed by atoms with Crippen molar-refractivity contribution in [2.24, 2.45) is 0 Å². The van der Waals surface area contributed by atoms with E-state index in [-0.39, 0.29) is 30.6 Å². The molecule has 2 aliphatic heterocycles. The maximum Gasteiger partial charge on any atom is 0.277 e. The average Bonchev–Trinajstić information content (AvgIpc) is 2.93. The number of rotatable bonds is 8. The van der Waals surface area contributed by atoms with Gasteiger partial charge in [0.1, 0.15) is 11.4 Å². The van der Waals surface area contributed by atoms with E-state index in [0.29, 0.717) is 49.7 Å². The summed E-state index contributed by atoms with van der Waals surface area (Å²) in [6, 6.07) is 7.35. The fourth-order valence-electron chi connectivity index (χ4n) is 3.46. The quantitative estimate of drug-likeness (QED) is 0.622. The van der Waals surface area contributed by atoms with E-state index in [1.54, 1.807) is 0 Å². The molecule has 0 aromatic heterocycles. The number of amides is 2. The lowest BCUT2D eigenvalue weighted by atomic mass is 10.0. The maximum atomic E-state index is 13.2. The van der Waals surface area contributed by atoms with Crippen LogP contribution in [0, 0.1) is 0 Å². The van der Waals surface area contributed by atoms with E-state index in [4.69, 9.17) is 14.2 Å². The van der Waals surface area contributed by atoms with E-state index in [0.717, 1.165) is 5.75 Å². The van der Waals surface area contributed by atoms with Crippen LogP contribution >= 0.6 is 0 Å². The number of benzene rings is 1. The second-order valence-corrected chi connectivity index (χ2v) is 7.70. The third-order valence-corrected chi connectivity index (χ3v) is 4.75. The van der Waals surface area contributed by atoms with Crippen molar-refractivity contribution in [2.75, 3.05) is 39.5 Å². The minimum absolute atomic E-state index is 0.0439. The predicted molar refractivity (Wildman–Crippen MR) is 109 cm³/mol. The van der Waals surface area contributed by atoms with Gasteiger partial charge in [0.25, 0.3) is 11.8 Å². The largest absolute Gasteiger partial charge is 0.491 e. The van der Waals surface area contributed by atoms with E-state index in [2.05, 4.69) is 0 Å². The smallest absolute Gasteiger partial charge is 0.277 e. The molecule has 0 saturated carbocycles. The molecule has 0 aliphatic carbocycles. The van der Waals surface area contributed by atoms with Crippen LogP contribution in [0.5, 0.6) is 5.75 Å². The minimum atomic E-state index is -0.277. The summed E-state index contributed by atoms with van der Waals surface area (Å²) >= 11 is 0. The molecule has 0 spiro atoms. The summed E-state index contributed by atoms with van der Waals surface area (Å²) in [5.74, 6) is 0.194. The van der Waals surface area contributed by atoms with Crippen LogP contribution in [-0.2, 0) is 19.1 Å². The summed E-state index contributed by atoms with van der Waals surface area (Å²) in [4.78, 5) is 29.6. The van der Waals surface area contributed by atoms with Gasteiger partial charge < -0.3 is 19.1 Å². The topological polar surface area (TPSA) is 68.3 Å². The maximum absolute atomic E-state index is 13.2. The Balaban J connectivity index is 1.90. The first-order valence-electron chi connectivity index (χ1n) is 10.2. The lowest BCUT2D eigenvalue weighted by Gasteiger charge is -2.29. The number of carbonyl (C=O) groups is 2. The fraction of sp³-hybridized carbons (Fsp3) is 0.545. The number of ether oxygens (including phenoxy) is 3. The van der Waals surface area contributed by atoms with Crippen LogP contribution in [0.15, 0.2) is 30.0 Å². The molecule has 158 valence electrons. The summed E-state index contributed by atoms with van der Waals surface area (Å²) in [5, 5.41) is 0. The minimum Gasteiger partial charge on any atom is -0.491 e. The summed E-state index contributed by atoms with van der Waals surface area (Å²) in [7, 11) is 0. The number of nitrogens with zero attached hydrogens (tertiary/aromatic N) is 2. The number of hydrogen-bond donors (Lipinski definition) is 0. The predicted octanol–water partition coefficient (Wildman–Crippen LogP) is 2.31. The number of carbonyl (C=O) groups excluding carboxylic acids is 2. The molecular formula is C22H30N2O5. The van der Waals surface area contributed by atoms with Gasteiger partial charge in [0, 0.05) is 13.1 Å². The summed E-state index contributed by atoms with van der Waals surface area (Å²) in [5.41, 5.74) is 1.62. The van der Waals surface area contributed by atoms with Crippen LogP contribution in [0.1, 0.15) is 33.3 Å². The van der Waals surface area contributed by atoms with Gasteiger partial charge in [-0.05, 0) is 45.4 Å². The molecule has 0 unspecified atom stereocenters. The lowest BCUT2D eigenvalue weighted by molar-refractivity contribution is -0.138. The van der Waals surface area contributed by atoms with E-state index < -0.39 is 0 Å². The molecule has 3 rings (SSSR count). The molecule has 1 saturated heterocycles. The van der Waals surface area contributed by atoms with Gasteiger partial charge >= 0.3 is 0 Å². The van der Waals surface area contributed by atoms with Crippen molar-refractivity contribution in [3.05, 3.63) is 35.5 Å². The van der Waals surface area contributed by atoms with Crippen LogP contribution in [-0.4, -0.2) is 73.3 Å². The number of hydrogen-bond acceptors (Lipinski definition) is 6. The van der Waals surface area contributed by atoms with Crippen molar-refractivity contribution in [2.45, 2.75) is 39.9 Å². The fourth-order valence-corrected chi connectivity index (χ4v) is 3.46. The van der Waals surface area contributed by atoms with Gasteiger partial charge in [0.2, 0.25) is 0 Å². The monoisotopic (exact) mass is 402 g/mol. The second-order valence-electron chi connectivity index (χ2n) is 7.70. The van der Waals surface area contributed by atoms with Crippen LogP contribution in [0.2, 0.25) is 0 Å². The van der Waals surface area contributed by atoms with Crippen LogP contribution in [0.4, 0.5) is 0 Å². The number of imide groups is 1. The van der Waals surface area contributed by atoms with Crippen LogP contribution < -0.4 is 4.74 Å². The van der Waals surface area contributed by atoms with Gasteiger partial charge in [-0.1, -0.05) is 12.1 Å². The van der Waals surface area contributed by atoms with E-state index in [9.17, 15) is 9.59 Å². The Labute approximate surface area is 172 Å². The Bertz CT molecular complexity index is 764. The second kappa shape index (κ2) is 9.41. The molecule has 1 fully saturated rings. The zero-order chi connectivity index (χ0) is 21.0. The van der Waals surface area contributed by atoms with Crippen molar-refractivity contribution < 1.29 is 23.8 Å². The number of morpholine rings is 1. The van der Waals surface area contributed by atoms with Crippen molar-refractivity contribution in [1.82, 2.24) is 9.80 Å². The Morgan fingerprint density at radius 1 is 0.966 bits per heavy atom. The first-order valence-corrected chi connectivity index (χ1v) is 10.2. The average molecular weight is 402 g/mol. The molecule has 1 aromatic carbocycles. The highest BCUT2D eigenvalue weighted by atomic mass is 16.5. The van der Waals surface area contributed by atoms with Crippen LogP contribution in [0.25, 0.3) is 5.57 Å². The third-order valence-electron chi connectivity index (χ3n) is 4.75. The standard InChI is InChI=1S/C22H30N2O5/c1-15(2)28-14-11-24-21(25)19(17-5-7-18(8-6-17)29-16(3)4)20(22(24)26)23-9-12-27-13-10-23/h5-8,15-16H,9-14H2,1-4H3. The molecule has 0 N–H and O–H groups in total. The Hall–Kier alpha value is -2.38. The van der Waals surface area contributed by atoms with E-state index in [1.165, 1.54) is 4.90 Å². The molecule has 1 aromatic rings. The normalized spacial score (nSPS) is 17.9. The zero-order valence-corrected chi connectivity index (χ0v) is 17.6. The zero-order valence-electron chi connectivity index (χ0n) is 17.6. The molecule has 2 aliphatic rings. The first-order chi connectivity index (χ1) is 13.9. The molecule has 2 amide bonds. The van der Waals surface area contributed by atoms with Gasteiger partial charge in [-0.25, -0.2) is 0 Å². The van der Waals surface area contributed by atoms with Crippen molar-refractivity contribution in [3.63, 3.8) is 0 Å². The SMILES string of the molecule is CC(C)OCCN1C(=O)C(c2ccc(OC(C)C)cc2)=C(N2CCOCC2)C1=O. The van der Waals surface area contributed by atoms with Crippen molar-refractivity contribution >= 4 is 17.4 Å². The summed E-state index contributed by atoms with van der Waals surface area (Å²) in [6.45, 7) is 10.6. The van der Waals surface area contributed by atoms with Gasteiger partial charge in [0.05, 0.1) is 44.1 Å². The molecule has 0 radical (unpaired) electrons. The van der Waals surface area contributed by atoms with Gasteiger partial charge in [-0.3, -0.25) is 14.5 Å². The molecular weight excluding hydrogens is 372 g/mol. The van der Waals surface area contributed by atoms with Crippen LogP contribution in [0.3, 0.4) is 0 Å². The molecule has 7 heteroatoms. The molecule has 0 bridgehead atoms. The molecule has 29 heavy (non-hydrogen) atoms. The molecule has 2 heterocycles. The highest BCUT2D eigenvalue weighted by Gasteiger charge is 2.41.